The minimum atomic E-state index is 1.00. The number of rotatable bonds is 2. The molecule has 1 nitrogen and oxygen atoms in total. The van der Waals surface area contributed by atoms with Gasteiger partial charge in [-0.05, 0) is 74.2 Å². The number of likely N-dealkylation sites (tertiary alicyclic amines) is 1. The molecule has 0 N–H and O–H groups in total. The molecule has 1 aromatic carbocycles. The zero-order valence-electron chi connectivity index (χ0n) is 12.7. The van der Waals surface area contributed by atoms with E-state index in [4.69, 9.17) is 0 Å². The van der Waals surface area contributed by atoms with Crippen molar-refractivity contribution in [3.8, 4) is 0 Å². The molecule has 1 aromatic rings. The molecular weight excluding hydrogens is 230 g/mol. The van der Waals surface area contributed by atoms with E-state index >= 15 is 0 Å². The van der Waals surface area contributed by atoms with E-state index in [2.05, 4.69) is 37.8 Å². The molecule has 2 unspecified atom stereocenters. The predicted molar refractivity (Wildman–Crippen MR) is 81.4 cm³/mol. The summed E-state index contributed by atoms with van der Waals surface area (Å²) in [5.74, 6) is 2.05. The summed E-state index contributed by atoms with van der Waals surface area (Å²) in [5.41, 5.74) is 5.87. The van der Waals surface area contributed by atoms with Gasteiger partial charge in [0.2, 0.25) is 0 Å². The highest BCUT2D eigenvalue weighted by Gasteiger charge is 2.32. The van der Waals surface area contributed by atoms with Crippen LogP contribution in [0, 0.1) is 32.6 Å². The van der Waals surface area contributed by atoms with Crippen LogP contribution >= 0.6 is 0 Å². The Morgan fingerprint density at radius 2 is 1.68 bits per heavy atom. The molecule has 0 spiro atoms. The first-order valence-corrected chi connectivity index (χ1v) is 7.92. The lowest BCUT2D eigenvalue weighted by atomic mass is 9.88. The molecule has 2 fully saturated rings. The SMILES string of the molecule is Cc1cc(CN2CCC3CCCC3C2)cc(C)c1C. The fourth-order valence-corrected chi connectivity index (χ4v) is 4.12. The first kappa shape index (κ1) is 13.2. The number of fused-ring (bicyclic) bond motifs is 1. The van der Waals surface area contributed by atoms with E-state index in [1.54, 1.807) is 0 Å². The minimum Gasteiger partial charge on any atom is -0.299 e. The lowest BCUT2D eigenvalue weighted by Gasteiger charge is -2.35. The van der Waals surface area contributed by atoms with Crippen molar-refractivity contribution in [1.82, 2.24) is 4.90 Å². The number of hydrogen-bond acceptors (Lipinski definition) is 1. The number of nitrogens with zero attached hydrogens (tertiary/aromatic N) is 1. The van der Waals surface area contributed by atoms with Gasteiger partial charge < -0.3 is 0 Å². The minimum absolute atomic E-state index is 1.00. The van der Waals surface area contributed by atoms with E-state index < -0.39 is 0 Å². The normalized spacial score (nSPS) is 27.5. The highest BCUT2D eigenvalue weighted by Crippen LogP contribution is 2.38. The number of hydrogen-bond donors (Lipinski definition) is 0. The Labute approximate surface area is 118 Å². The predicted octanol–water partition coefficient (Wildman–Crippen LogP) is 4.23. The summed E-state index contributed by atoms with van der Waals surface area (Å²) in [6, 6.07) is 4.78. The second-order valence-corrected chi connectivity index (χ2v) is 6.83. The van der Waals surface area contributed by atoms with Gasteiger partial charge in [0.05, 0.1) is 0 Å². The van der Waals surface area contributed by atoms with Gasteiger partial charge in [-0.25, -0.2) is 0 Å². The van der Waals surface area contributed by atoms with Gasteiger partial charge in [0, 0.05) is 13.1 Å². The first-order chi connectivity index (χ1) is 9.13. The molecule has 3 rings (SSSR count). The Morgan fingerprint density at radius 3 is 2.42 bits per heavy atom. The molecule has 0 aromatic heterocycles. The van der Waals surface area contributed by atoms with Crippen molar-refractivity contribution in [3.63, 3.8) is 0 Å². The summed E-state index contributed by atoms with van der Waals surface area (Å²) in [6.07, 6.45) is 5.90. The molecule has 104 valence electrons. The fraction of sp³-hybridized carbons (Fsp3) is 0.667. The topological polar surface area (TPSA) is 3.24 Å². The van der Waals surface area contributed by atoms with Gasteiger partial charge in [0.25, 0.3) is 0 Å². The lowest BCUT2D eigenvalue weighted by Crippen LogP contribution is -2.37. The zero-order chi connectivity index (χ0) is 13.4. The van der Waals surface area contributed by atoms with E-state index in [9.17, 15) is 0 Å². The molecule has 0 radical (unpaired) electrons. The Hall–Kier alpha value is -0.820. The van der Waals surface area contributed by atoms with Crippen LogP contribution in [0.25, 0.3) is 0 Å². The second kappa shape index (κ2) is 5.28. The van der Waals surface area contributed by atoms with Gasteiger partial charge in [-0.3, -0.25) is 4.90 Å². The third-order valence-corrected chi connectivity index (χ3v) is 5.52. The van der Waals surface area contributed by atoms with Gasteiger partial charge in [-0.2, -0.15) is 0 Å². The third kappa shape index (κ3) is 2.72. The Morgan fingerprint density at radius 1 is 1.00 bits per heavy atom. The molecule has 19 heavy (non-hydrogen) atoms. The van der Waals surface area contributed by atoms with Gasteiger partial charge in [0.15, 0.2) is 0 Å². The Kier molecular flexibility index (Phi) is 3.66. The van der Waals surface area contributed by atoms with Gasteiger partial charge in [-0.1, -0.05) is 25.0 Å². The van der Waals surface area contributed by atoms with Crippen LogP contribution in [0.4, 0.5) is 0 Å². The van der Waals surface area contributed by atoms with Crippen LogP contribution in [0.2, 0.25) is 0 Å². The van der Waals surface area contributed by atoms with E-state index in [-0.39, 0.29) is 0 Å². The van der Waals surface area contributed by atoms with Crippen LogP contribution in [-0.2, 0) is 6.54 Å². The monoisotopic (exact) mass is 257 g/mol. The highest BCUT2D eigenvalue weighted by atomic mass is 15.1. The van der Waals surface area contributed by atoms with Crippen LogP contribution in [-0.4, -0.2) is 18.0 Å². The Balaban J connectivity index is 1.68. The van der Waals surface area contributed by atoms with E-state index in [0.29, 0.717) is 0 Å². The molecule has 1 heterocycles. The van der Waals surface area contributed by atoms with Crippen molar-refractivity contribution < 1.29 is 0 Å². The van der Waals surface area contributed by atoms with Crippen LogP contribution in [0.15, 0.2) is 12.1 Å². The third-order valence-electron chi connectivity index (χ3n) is 5.52. The highest BCUT2D eigenvalue weighted by molar-refractivity contribution is 5.36. The van der Waals surface area contributed by atoms with Crippen LogP contribution < -0.4 is 0 Å². The van der Waals surface area contributed by atoms with E-state index in [1.165, 1.54) is 61.0 Å². The molecule has 2 atom stereocenters. The fourth-order valence-electron chi connectivity index (χ4n) is 4.12. The van der Waals surface area contributed by atoms with Gasteiger partial charge >= 0.3 is 0 Å². The average molecular weight is 257 g/mol. The molecule has 1 heteroatoms. The van der Waals surface area contributed by atoms with Crippen LogP contribution in [0.5, 0.6) is 0 Å². The molecule has 1 saturated carbocycles. The van der Waals surface area contributed by atoms with Crippen molar-refractivity contribution in [3.05, 3.63) is 34.4 Å². The smallest absolute Gasteiger partial charge is 0.0234 e. The molecule has 1 aliphatic carbocycles. The Bertz CT molecular complexity index is 440. The van der Waals surface area contributed by atoms with E-state index in [0.717, 1.165) is 18.4 Å². The summed E-state index contributed by atoms with van der Waals surface area (Å²) in [7, 11) is 0. The largest absolute Gasteiger partial charge is 0.299 e. The second-order valence-electron chi connectivity index (χ2n) is 6.83. The summed E-state index contributed by atoms with van der Waals surface area (Å²) in [4.78, 5) is 2.69. The zero-order valence-corrected chi connectivity index (χ0v) is 12.7. The molecular formula is C18H27N. The summed E-state index contributed by atoms with van der Waals surface area (Å²) < 4.78 is 0. The first-order valence-electron chi connectivity index (χ1n) is 7.92. The standard InChI is InChI=1S/C18H27N/c1-13-9-16(10-14(2)15(13)3)11-19-8-7-17-5-4-6-18(17)12-19/h9-10,17-18H,4-8,11-12H2,1-3H3. The van der Waals surface area contributed by atoms with Crippen molar-refractivity contribution in [2.45, 2.75) is 53.0 Å². The molecule has 1 aliphatic heterocycles. The molecule has 0 amide bonds. The summed E-state index contributed by atoms with van der Waals surface area (Å²) in [6.45, 7) is 10.5. The molecule has 2 aliphatic rings. The van der Waals surface area contributed by atoms with Gasteiger partial charge in [0.1, 0.15) is 0 Å². The maximum Gasteiger partial charge on any atom is 0.0234 e. The van der Waals surface area contributed by atoms with E-state index in [1.807, 2.05) is 0 Å². The lowest BCUT2D eigenvalue weighted by molar-refractivity contribution is 0.132. The number of benzene rings is 1. The molecule has 0 bridgehead atoms. The average Bonchev–Trinajstić information content (AvgIpc) is 2.83. The van der Waals surface area contributed by atoms with Crippen molar-refractivity contribution in [2.24, 2.45) is 11.8 Å². The van der Waals surface area contributed by atoms with Crippen molar-refractivity contribution in [2.75, 3.05) is 13.1 Å². The van der Waals surface area contributed by atoms with Crippen LogP contribution in [0.3, 0.4) is 0 Å². The number of piperidine rings is 1. The maximum absolute atomic E-state index is 2.69. The van der Waals surface area contributed by atoms with Crippen molar-refractivity contribution in [1.29, 1.82) is 0 Å². The maximum atomic E-state index is 2.69. The summed E-state index contributed by atoms with van der Waals surface area (Å²) in [5, 5.41) is 0. The van der Waals surface area contributed by atoms with Gasteiger partial charge in [-0.15, -0.1) is 0 Å². The molecule has 1 saturated heterocycles. The van der Waals surface area contributed by atoms with Crippen LogP contribution in [0.1, 0.15) is 47.9 Å². The quantitative estimate of drug-likeness (QED) is 0.766. The van der Waals surface area contributed by atoms with Crippen molar-refractivity contribution >= 4 is 0 Å². The summed E-state index contributed by atoms with van der Waals surface area (Å²) >= 11 is 0. The number of aryl methyl sites for hydroxylation is 2.